The SMILES string of the molecule is COc1ccc(CNC(=O)Nc2ccccc2S)cc1OC. The molecule has 0 saturated carbocycles. The summed E-state index contributed by atoms with van der Waals surface area (Å²) in [6.07, 6.45) is 0. The maximum absolute atomic E-state index is 11.9. The highest BCUT2D eigenvalue weighted by molar-refractivity contribution is 7.80. The van der Waals surface area contributed by atoms with Crippen molar-refractivity contribution in [2.45, 2.75) is 11.4 Å². The van der Waals surface area contributed by atoms with Crippen molar-refractivity contribution in [3.05, 3.63) is 48.0 Å². The van der Waals surface area contributed by atoms with Gasteiger partial charge in [0.25, 0.3) is 0 Å². The lowest BCUT2D eigenvalue weighted by Gasteiger charge is -2.11. The highest BCUT2D eigenvalue weighted by atomic mass is 32.1. The zero-order valence-electron chi connectivity index (χ0n) is 12.4. The zero-order valence-corrected chi connectivity index (χ0v) is 13.3. The van der Waals surface area contributed by atoms with Gasteiger partial charge >= 0.3 is 6.03 Å². The lowest BCUT2D eigenvalue weighted by Crippen LogP contribution is -2.28. The summed E-state index contributed by atoms with van der Waals surface area (Å²) in [7, 11) is 3.16. The molecular weight excluding hydrogens is 300 g/mol. The van der Waals surface area contributed by atoms with E-state index in [1.165, 1.54) is 0 Å². The number of nitrogens with one attached hydrogen (secondary N) is 2. The van der Waals surface area contributed by atoms with Crippen LogP contribution in [0.25, 0.3) is 0 Å². The molecule has 0 aliphatic rings. The first kappa shape index (κ1) is 16.0. The second-order valence-corrected chi connectivity index (χ2v) is 5.00. The van der Waals surface area contributed by atoms with Gasteiger partial charge in [-0.1, -0.05) is 18.2 Å². The lowest BCUT2D eigenvalue weighted by atomic mass is 10.2. The Morgan fingerprint density at radius 1 is 1.09 bits per heavy atom. The molecule has 6 heteroatoms. The number of para-hydroxylation sites is 1. The van der Waals surface area contributed by atoms with E-state index in [2.05, 4.69) is 23.3 Å². The Morgan fingerprint density at radius 2 is 1.82 bits per heavy atom. The van der Waals surface area contributed by atoms with Crippen LogP contribution in [0.4, 0.5) is 10.5 Å². The number of hydrogen-bond acceptors (Lipinski definition) is 4. The van der Waals surface area contributed by atoms with Crippen LogP contribution in [0, 0.1) is 0 Å². The minimum Gasteiger partial charge on any atom is -0.493 e. The van der Waals surface area contributed by atoms with Gasteiger partial charge in [-0.15, -0.1) is 12.6 Å². The minimum atomic E-state index is -0.295. The number of ether oxygens (including phenoxy) is 2. The van der Waals surface area contributed by atoms with Gasteiger partial charge in [0.1, 0.15) is 0 Å². The number of methoxy groups -OCH3 is 2. The average molecular weight is 318 g/mol. The number of amides is 2. The smallest absolute Gasteiger partial charge is 0.319 e. The third-order valence-corrected chi connectivity index (χ3v) is 3.44. The summed E-state index contributed by atoms with van der Waals surface area (Å²) in [5.41, 5.74) is 1.57. The molecule has 0 fully saturated rings. The molecule has 22 heavy (non-hydrogen) atoms. The van der Waals surface area contributed by atoms with E-state index in [4.69, 9.17) is 9.47 Å². The third kappa shape index (κ3) is 4.08. The number of carbonyl (C=O) groups excluding carboxylic acids is 1. The monoisotopic (exact) mass is 318 g/mol. The van der Waals surface area contributed by atoms with Crippen LogP contribution >= 0.6 is 12.6 Å². The molecule has 0 atom stereocenters. The number of rotatable bonds is 5. The Hall–Kier alpha value is -2.34. The van der Waals surface area contributed by atoms with Crippen LogP contribution in [0.5, 0.6) is 11.5 Å². The number of carbonyl (C=O) groups is 1. The number of benzene rings is 2. The molecule has 0 unspecified atom stereocenters. The molecule has 2 amide bonds. The summed E-state index contributed by atoms with van der Waals surface area (Å²) in [6, 6.07) is 12.5. The Morgan fingerprint density at radius 3 is 2.50 bits per heavy atom. The van der Waals surface area contributed by atoms with Crippen molar-refractivity contribution in [3.8, 4) is 11.5 Å². The summed E-state index contributed by atoms with van der Waals surface area (Å²) in [6.45, 7) is 0.376. The molecule has 0 radical (unpaired) electrons. The molecule has 2 aromatic rings. The highest BCUT2D eigenvalue weighted by Gasteiger charge is 2.07. The van der Waals surface area contributed by atoms with Gasteiger partial charge in [0.05, 0.1) is 19.9 Å². The number of hydrogen-bond donors (Lipinski definition) is 3. The molecule has 0 spiro atoms. The van der Waals surface area contributed by atoms with Crippen molar-refractivity contribution in [3.63, 3.8) is 0 Å². The Labute approximate surface area is 135 Å². The number of anilines is 1. The highest BCUT2D eigenvalue weighted by Crippen LogP contribution is 2.27. The molecule has 2 N–H and O–H groups in total. The van der Waals surface area contributed by atoms with Crippen LogP contribution in [0.2, 0.25) is 0 Å². The molecule has 0 heterocycles. The van der Waals surface area contributed by atoms with Crippen LogP contribution in [-0.4, -0.2) is 20.3 Å². The maximum atomic E-state index is 11.9. The molecule has 2 rings (SSSR count). The first-order chi connectivity index (χ1) is 10.6. The topological polar surface area (TPSA) is 59.6 Å². The molecule has 0 aliphatic heterocycles. The van der Waals surface area contributed by atoms with E-state index in [1.807, 2.05) is 30.3 Å². The van der Waals surface area contributed by atoms with E-state index in [0.29, 0.717) is 28.6 Å². The summed E-state index contributed by atoms with van der Waals surface area (Å²) >= 11 is 4.29. The van der Waals surface area contributed by atoms with Crippen molar-refractivity contribution in [2.24, 2.45) is 0 Å². The molecule has 0 aromatic heterocycles. The predicted octanol–water partition coefficient (Wildman–Crippen LogP) is 3.31. The van der Waals surface area contributed by atoms with Crippen LogP contribution in [-0.2, 0) is 6.54 Å². The standard InChI is InChI=1S/C16H18N2O3S/c1-20-13-8-7-11(9-14(13)21-2)10-17-16(19)18-12-5-3-4-6-15(12)22/h3-9,22H,10H2,1-2H3,(H2,17,18,19). The fourth-order valence-corrected chi connectivity index (χ4v) is 2.14. The van der Waals surface area contributed by atoms with Gasteiger partial charge in [-0.3, -0.25) is 0 Å². The van der Waals surface area contributed by atoms with E-state index in [-0.39, 0.29) is 6.03 Å². The molecule has 5 nitrogen and oxygen atoms in total. The van der Waals surface area contributed by atoms with Gasteiger partial charge in [0.2, 0.25) is 0 Å². The quantitative estimate of drug-likeness (QED) is 0.741. The summed E-state index contributed by atoms with van der Waals surface area (Å²) in [5.74, 6) is 1.28. The molecule has 2 aromatic carbocycles. The van der Waals surface area contributed by atoms with Crippen molar-refractivity contribution in [1.82, 2.24) is 5.32 Å². The zero-order chi connectivity index (χ0) is 15.9. The van der Waals surface area contributed by atoms with Crippen LogP contribution in [0.15, 0.2) is 47.4 Å². The van der Waals surface area contributed by atoms with Gasteiger partial charge in [0, 0.05) is 11.4 Å². The second-order valence-electron chi connectivity index (χ2n) is 4.51. The van der Waals surface area contributed by atoms with Gasteiger partial charge < -0.3 is 20.1 Å². The maximum Gasteiger partial charge on any atom is 0.319 e. The molecular formula is C16H18N2O3S. The molecule has 0 bridgehead atoms. The van der Waals surface area contributed by atoms with Gasteiger partial charge in [-0.25, -0.2) is 4.79 Å². The fourth-order valence-electron chi connectivity index (χ4n) is 1.92. The van der Waals surface area contributed by atoms with Crippen molar-refractivity contribution in [2.75, 3.05) is 19.5 Å². The number of thiol groups is 1. The van der Waals surface area contributed by atoms with Crippen molar-refractivity contribution < 1.29 is 14.3 Å². The largest absolute Gasteiger partial charge is 0.493 e. The van der Waals surface area contributed by atoms with Crippen LogP contribution in [0.3, 0.4) is 0 Å². The Bertz CT molecular complexity index is 662. The van der Waals surface area contributed by atoms with E-state index in [9.17, 15) is 4.79 Å². The lowest BCUT2D eigenvalue weighted by molar-refractivity contribution is 0.251. The first-order valence-corrected chi connectivity index (χ1v) is 7.12. The van der Waals surface area contributed by atoms with Crippen LogP contribution < -0.4 is 20.1 Å². The first-order valence-electron chi connectivity index (χ1n) is 6.67. The van der Waals surface area contributed by atoms with Gasteiger partial charge in [0.15, 0.2) is 11.5 Å². The van der Waals surface area contributed by atoms with E-state index >= 15 is 0 Å². The number of urea groups is 1. The molecule has 0 saturated heterocycles. The van der Waals surface area contributed by atoms with E-state index in [0.717, 1.165) is 5.56 Å². The van der Waals surface area contributed by atoms with Gasteiger partial charge in [-0.05, 0) is 29.8 Å². The van der Waals surface area contributed by atoms with E-state index < -0.39 is 0 Å². The Kier molecular flexibility index (Phi) is 5.55. The summed E-state index contributed by atoms with van der Waals surface area (Å²) in [4.78, 5) is 12.6. The van der Waals surface area contributed by atoms with Crippen LogP contribution in [0.1, 0.15) is 5.56 Å². The average Bonchev–Trinajstić information content (AvgIpc) is 2.54. The summed E-state index contributed by atoms with van der Waals surface area (Å²) in [5, 5.41) is 5.53. The summed E-state index contributed by atoms with van der Waals surface area (Å²) < 4.78 is 10.4. The fraction of sp³-hybridized carbons (Fsp3) is 0.188. The molecule has 116 valence electrons. The minimum absolute atomic E-state index is 0.295. The second kappa shape index (κ2) is 7.61. The Balaban J connectivity index is 1.95. The normalized spacial score (nSPS) is 9.95. The van der Waals surface area contributed by atoms with Crippen molar-refractivity contribution >= 4 is 24.3 Å². The van der Waals surface area contributed by atoms with Crippen molar-refractivity contribution in [1.29, 1.82) is 0 Å². The molecule has 0 aliphatic carbocycles. The predicted molar refractivity (Wildman–Crippen MR) is 89.1 cm³/mol. The third-order valence-electron chi connectivity index (χ3n) is 3.05. The van der Waals surface area contributed by atoms with E-state index in [1.54, 1.807) is 26.4 Å². The van der Waals surface area contributed by atoms with Gasteiger partial charge in [-0.2, -0.15) is 0 Å².